The van der Waals surface area contributed by atoms with Gasteiger partial charge in [0.15, 0.2) is 6.29 Å². The van der Waals surface area contributed by atoms with Crippen LogP contribution < -0.4 is 21.6 Å². The summed E-state index contributed by atoms with van der Waals surface area (Å²) < 4.78 is 0. The zero-order chi connectivity index (χ0) is 17.5. The van der Waals surface area contributed by atoms with E-state index in [0.29, 0.717) is 5.56 Å². The van der Waals surface area contributed by atoms with Crippen molar-refractivity contribution in [2.45, 2.75) is 25.2 Å². The standard InChI is InChI=1S/C13H16N6O5/c20-11(21)6-5-10-12(22)15-13(18-16-10)17-14-7-8-1-3-9(4-2-8)19(23)24/h1-4,7,10,13,16-18H,5-6H2,(H,15,22)(H,20,21)/b14-7+. The fourth-order valence-corrected chi connectivity index (χ4v) is 1.93. The normalized spacial score (nSPS) is 20.6. The summed E-state index contributed by atoms with van der Waals surface area (Å²) in [6.45, 7) is 0. The number of nitrogens with zero attached hydrogens (tertiary/aromatic N) is 2. The quantitative estimate of drug-likeness (QED) is 0.247. The number of hydrazine groups is 1. The molecule has 11 heteroatoms. The summed E-state index contributed by atoms with van der Waals surface area (Å²) in [7, 11) is 0. The van der Waals surface area contributed by atoms with Crippen molar-refractivity contribution in [3.05, 3.63) is 39.9 Å². The molecule has 1 heterocycles. The van der Waals surface area contributed by atoms with Crippen LogP contribution in [0.25, 0.3) is 0 Å². The topological polar surface area (TPSA) is 158 Å². The van der Waals surface area contributed by atoms with E-state index in [9.17, 15) is 19.7 Å². The Labute approximate surface area is 136 Å². The van der Waals surface area contributed by atoms with Gasteiger partial charge in [0, 0.05) is 18.6 Å². The number of nitro benzene ring substituents is 1. The summed E-state index contributed by atoms with van der Waals surface area (Å²) in [6.07, 6.45) is 0.803. The summed E-state index contributed by atoms with van der Waals surface area (Å²) >= 11 is 0. The molecule has 11 nitrogen and oxygen atoms in total. The highest BCUT2D eigenvalue weighted by Gasteiger charge is 2.26. The fourth-order valence-electron chi connectivity index (χ4n) is 1.93. The third-order valence-corrected chi connectivity index (χ3v) is 3.17. The van der Waals surface area contributed by atoms with E-state index in [1.54, 1.807) is 0 Å². The molecule has 1 aliphatic heterocycles. The van der Waals surface area contributed by atoms with Gasteiger partial charge in [-0.15, -0.1) is 0 Å². The number of carbonyl (C=O) groups is 2. The number of nitrogens with one attached hydrogen (secondary N) is 4. The van der Waals surface area contributed by atoms with Crippen LogP contribution in [0, 0.1) is 10.1 Å². The lowest BCUT2D eigenvalue weighted by atomic mass is 10.1. The van der Waals surface area contributed by atoms with Crippen LogP contribution in [-0.4, -0.2) is 40.5 Å². The molecule has 0 bridgehead atoms. The number of aliphatic carboxylic acids is 1. The second-order valence-corrected chi connectivity index (χ2v) is 4.95. The average molecular weight is 336 g/mol. The van der Waals surface area contributed by atoms with Gasteiger partial charge in [-0.1, -0.05) is 0 Å². The van der Waals surface area contributed by atoms with Gasteiger partial charge in [-0.05, 0) is 24.1 Å². The van der Waals surface area contributed by atoms with E-state index in [4.69, 9.17) is 5.11 Å². The zero-order valence-electron chi connectivity index (χ0n) is 12.4. The monoisotopic (exact) mass is 336 g/mol. The Bertz CT molecular complexity index is 647. The van der Waals surface area contributed by atoms with Gasteiger partial charge in [0.1, 0.15) is 6.04 Å². The fraction of sp³-hybridized carbons (Fsp3) is 0.308. The maximum absolute atomic E-state index is 11.8. The number of carboxylic acid groups (broad SMARTS) is 1. The van der Waals surface area contributed by atoms with E-state index in [0.717, 1.165) is 0 Å². The molecule has 2 atom stereocenters. The van der Waals surface area contributed by atoms with Crippen LogP contribution in [0.15, 0.2) is 29.4 Å². The average Bonchev–Trinajstić information content (AvgIpc) is 2.54. The molecule has 0 aromatic heterocycles. The van der Waals surface area contributed by atoms with Crippen LogP contribution in [0.3, 0.4) is 0 Å². The highest BCUT2D eigenvalue weighted by molar-refractivity contribution is 5.83. The molecule has 128 valence electrons. The van der Waals surface area contributed by atoms with E-state index in [1.807, 2.05) is 0 Å². The molecule has 1 aromatic carbocycles. The van der Waals surface area contributed by atoms with E-state index < -0.39 is 23.2 Å². The number of amides is 1. The predicted molar refractivity (Wildman–Crippen MR) is 82.7 cm³/mol. The van der Waals surface area contributed by atoms with Crippen LogP contribution in [0.1, 0.15) is 18.4 Å². The number of non-ortho nitro benzene ring substituents is 1. The molecule has 2 rings (SSSR count). The predicted octanol–water partition coefficient (Wildman–Crippen LogP) is -0.741. The van der Waals surface area contributed by atoms with Gasteiger partial charge in [0.05, 0.1) is 11.1 Å². The summed E-state index contributed by atoms with van der Waals surface area (Å²) in [5.74, 6) is -1.32. The maximum atomic E-state index is 11.8. The van der Waals surface area contributed by atoms with E-state index in [-0.39, 0.29) is 24.4 Å². The third-order valence-electron chi connectivity index (χ3n) is 3.17. The van der Waals surface area contributed by atoms with Gasteiger partial charge in [-0.2, -0.15) is 5.10 Å². The van der Waals surface area contributed by atoms with Gasteiger partial charge >= 0.3 is 5.97 Å². The van der Waals surface area contributed by atoms with Crippen molar-refractivity contribution in [3.63, 3.8) is 0 Å². The van der Waals surface area contributed by atoms with Crippen molar-refractivity contribution in [1.82, 2.24) is 21.6 Å². The van der Waals surface area contributed by atoms with Gasteiger partial charge in [0.25, 0.3) is 5.69 Å². The molecule has 0 saturated carbocycles. The van der Waals surface area contributed by atoms with Crippen LogP contribution in [-0.2, 0) is 9.59 Å². The van der Waals surface area contributed by atoms with Crippen LogP contribution in [0.5, 0.6) is 0 Å². The summed E-state index contributed by atoms with van der Waals surface area (Å²) in [5.41, 5.74) is 8.71. The molecule has 1 fully saturated rings. The lowest BCUT2D eigenvalue weighted by Crippen LogP contribution is -2.68. The largest absolute Gasteiger partial charge is 0.481 e. The first kappa shape index (κ1) is 17.3. The molecule has 0 spiro atoms. The van der Waals surface area contributed by atoms with Crippen molar-refractivity contribution >= 4 is 23.8 Å². The molecule has 24 heavy (non-hydrogen) atoms. The lowest BCUT2D eigenvalue weighted by Gasteiger charge is -2.30. The molecular weight excluding hydrogens is 320 g/mol. The first-order chi connectivity index (χ1) is 11.5. The molecule has 0 radical (unpaired) electrons. The lowest BCUT2D eigenvalue weighted by molar-refractivity contribution is -0.384. The molecular formula is C13H16N6O5. The van der Waals surface area contributed by atoms with E-state index >= 15 is 0 Å². The Morgan fingerprint density at radius 1 is 1.38 bits per heavy atom. The number of benzene rings is 1. The van der Waals surface area contributed by atoms with Crippen molar-refractivity contribution in [1.29, 1.82) is 0 Å². The van der Waals surface area contributed by atoms with Crippen LogP contribution in [0.4, 0.5) is 5.69 Å². The maximum Gasteiger partial charge on any atom is 0.303 e. The third kappa shape index (κ3) is 5.00. The Hall–Kier alpha value is -3.05. The number of nitro groups is 1. The first-order valence-corrected chi connectivity index (χ1v) is 7.02. The smallest absolute Gasteiger partial charge is 0.303 e. The molecule has 0 aliphatic carbocycles. The number of carboxylic acids is 1. The molecule has 5 N–H and O–H groups in total. The van der Waals surface area contributed by atoms with Crippen LogP contribution in [0.2, 0.25) is 0 Å². The van der Waals surface area contributed by atoms with E-state index in [2.05, 4.69) is 26.7 Å². The Morgan fingerprint density at radius 3 is 2.67 bits per heavy atom. The molecule has 1 amide bonds. The highest BCUT2D eigenvalue weighted by atomic mass is 16.6. The van der Waals surface area contributed by atoms with Gasteiger partial charge in [-0.25, -0.2) is 10.9 Å². The summed E-state index contributed by atoms with van der Waals surface area (Å²) in [5, 5.41) is 25.6. The molecule has 1 aliphatic rings. The number of hydrogen-bond donors (Lipinski definition) is 5. The number of rotatable bonds is 7. The Morgan fingerprint density at radius 2 is 2.08 bits per heavy atom. The Kier molecular flexibility index (Phi) is 5.76. The second-order valence-electron chi connectivity index (χ2n) is 4.95. The minimum absolute atomic E-state index is 0.0158. The minimum Gasteiger partial charge on any atom is -0.481 e. The molecule has 2 unspecified atom stereocenters. The summed E-state index contributed by atoms with van der Waals surface area (Å²) in [6, 6.07) is 5.15. The number of hydrazone groups is 1. The summed E-state index contributed by atoms with van der Waals surface area (Å²) in [4.78, 5) is 32.3. The van der Waals surface area contributed by atoms with Gasteiger partial charge < -0.3 is 10.4 Å². The van der Waals surface area contributed by atoms with Crippen molar-refractivity contribution in [3.8, 4) is 0 Å². The van der Waals surface area contributed by atoms with Gasteiger partial charge in [-0.3, -0.25) is 25.1 Å². The minimum atomic E-state index is -0.974. The highest BCUT2D eigenvalue weighted by Crippen LogP contribution is 2.10. The molecule has 1 aromatic rings. The number of carbonyl (C=O) groups excluding carboxylic acids is 1. The van der Waals surface area contributed by atoms with Gasteiger partial charge in [0.2, 0.25) is 5.91 Å². The van der Waals surface area contributed by atoms with Crippen LogP contribution >= 0.6 is 0 Å². The van der Waals surface area contributed by atoms with Crippen molar-refractivity contribution < 1.29 is 19.6 Å². The van der Waals surface area contributed by atoms with E-state index in [1.165, 1.54) is 30.5 Å². The zero-order valence-corrected chi connectivity index (χ0v) is 12.4. The number of hydrogen-bond acceptors (Lipinski definition) is 8. The van der Waals surface area contributed by atoms with Crippen molar-refractivity contribution in [2.75, 3.05) is 0 Å². The first-order valence-electron chi connectivity index (χ1n) is 7.02. The molecule has 1 saturated heterocycles. The SMILES string of the molecule is O=C(O)CCC1NNC(N/N=C/c2ccc([N+](=O)[O-])cc2)NC1=O. The Balaban J connectivity index is 1.79. The second kappa shape index (κ2) is 7.99. The van der Waals surface area contributed by atoms with Crippen molar-refractivity contribution in [2.24, 2.45) is 5.10 Å².